The van der Waals surface area contributed by atoms with Gasteiger partial charge in [-0.1, -0.05) is 13.3 Å². The number of nitrogens with zero attached hydrogens (tertiary/aromatic N) is 1. The van der Waals surface area contributed by atoms with Crippen molar-refractivity contribution in [2.45, 2.75) is 51.7 Å². The van der Waals surface area contributed by atoms with Crippen molar-refractivity contribution >= 4 is 0 Å². The molecule has 0 heterocycles. The predicted octanol–water partition coefficient (Wildman–Crippen LogP) is 2.02. The topological polar surface area (TPSA) is 20.2 Å². The molecule has 2 heteroatoms. The molecule has 0 saturated carbocycles. The Morgan fingerprint density at radius 2 is 1.69 bits per heavy atom. The van der Waals surface area contributed by atoms with Crippen LogP contribution in [-0.4, -0.2) is 42.4 Å². The SMILES string of the molecule is CCCCC(C(C)(C)O)[N+](C)(C)C. The molecular weight excluding hydrogens is 162 g/mol. The highest BCUT2D eigenvalue weighted by Crippen LogP contribution is 2.23. The zero-order valence-corrected chi connectivity index (χ0v) is 10.1. The van der Waals surface area contributed by atoms with E-state index in [1.165, 1.54) is 12.8 Å². The Labute approximate surface area is 83.2 Å². The second-order valence-corrected chi connectivity index (χ2v) is 5.43. The normalized spacial score (nSPS) is 15.9. The Balaban J connectivity index is 4.39. The monoisotopic (exact) mass is 188 g/mol. The van der Waals surface area contributed by atoms with E-state index < -0.39 is 5.60 Å². The molecule has 0 fully saturated rings. The van der Waals surface area contributed by atoms with Crippen LogP contribution in [0, 0.1) is 0 Å². The van der Waals surface area contributed by atoms with Crippen molar-refractivity contribution < 1.29 is 9.59 Å². The summed E-state index contributed by atoms with van der Waals surface area (Å²) in [5.41, 5.74) is -0.576. The van der Waals surface area contributed by atoms with Crippen LogP contribution in [0.4, 0.5) is 0 Å². The van der Waals surface area contributed by atoms with Gasteiger partial charge in [-0.3, -0.25) is 0 Å². The van der Waals surface area contributed by atoms with Gasteiger partial charge in [0, 0.05) is 6.42 Å². The summed E-state index contributed by atoms with van der Waals surface area (Å²) in [6.07, 6.45) is 3.50. The number of unbranched alkanes of at least 4 members (excludes halogenated alkanes) is 1. The molecule has 1 atom stereocenters. The number of hydrogen-bond donors (Lipinski definition) is 1. The first kappa shape index (κ1) is 12.9. The van der Waals surface area contributed by atoms with E-state index in [-0.39, 0.29) is 0 Å². The van der Waals surface area contributed by atoms with Crippen LogP contribution in [0.3, 0.4) is 0 Å². The maximum absolute atomic E-state index is 10.0. The molecule has 0 saturated heterocycles. The quantitative estimate of drug-likeness (QED) is 0.654. The number of quaternary nitrogens is 1. The molecule has 1 N–H and O–H groups in total. The Bertz CT molecular complexity index is 127. The predicted molar refractivity (Wildman–Crippen MR) is 57.6 cm³/mol. The Morgan fingerprint density at radius 1 is 1.23 bits per heavy atom. The van der Waals surface area contributed by atoms with Gasteiger partial charge < -0.3 is 9.59 Å². The number of likely N-dealkylation sites (N-methyl/N-ethyl adjacent to an activating group) is 1. The van der Waals surface area contributed by atoms with Gasteiger partial charge in [0.1, 0.15) is 11.6 Å². The van der Waals surface area contributed by atoms with Gasteiger partial charge in [-0.05, 0) is 20.3 Å². The van der Waals surface area contributed by atoms with Crippen LogP contribution >= 0.6 is 0 Å². The van der Waals surface area contributed by atoms with E-state index in [0.29, 0.717) is 6.04 Å². The summed E-state index contributed by atoms with van der Waals surface area (Å²) in [6, 6.07) is 0.326. The third-order valence-corrected chi connectivity index (χ3v) is 2.58. The Morgan fingerprint density at radius 3 is 1.92 bits per heavy atom. The van der Waals surface area contributed by atoms with Gasteiger partial charge >= 0.3 is 0 Å². The van der Waals surface area contributed by atoms with Crippen LogP contribution in [0.1, 0.15) is 40.0 Å². The summed E-state index contributed by atoms with van der Waals surface area (Å²) < 4.78 is 0.837. The van der Waals surface area contributed by atoms with Gasteiger partial charge in [-0.2, -0.15) is 0 Å². The molecule has 13 heavy (non-hydrogen) atoms. The minimum Gasteiger partial charge on any atom is -0.384 e. The molecule has 0 aliphatic carbocycles. The molecular formula is C11H26NO+. The van der Waals surface area contributed by atoms with E-state index in [1.807, 2.05) is 13.8 Å². The summed E-state index contributed by atoms with van der Waals surface area (Å²) in [5.74, 6) is 0. The highest BCUT2D eigenvalue weighted by molar-refractivity contribution is 4.77. The second-order valence-electron chi connectivity index (χ2n) is 5.43. The maximum Gasteiger partial charge on any atom is 0.117 e. The molecule has 0 aromatic carbocycles. The third kappa shape index (κ3) is 4.63. The molecule has 0 bridgehead atoms. The summed E-state index contributed by atoms with van der Waals surface area (Å²) in [5, 5.41) is 10.0. The van der Waals surface area contributed by atoms with Crippen molar-refractivity contribution in [2.24, 2.45) is 0 Å². The lowest BCUT2D eigenvalue weighted by atomic mass is 9.91. The average molecular weight is 188 g/mol. The fourth-order valence-electron chi connectivity index (χ4n) is 2.09. The molecule has 0 radical (unpaired) electrons. The van der Waals surface area contributed by atoms with Crippen molar-refractivity contribution in [2.75, 3.05) is 21.1 Å². The van der Waals surface area contributed by atoms with Crippen molar-refractivity contribution in [3.63, 3.8) is 0 Å². The van der Waals surface area contributed by atoms with Crippen LogP contribution < -0.4 is 0 Å². The minimum absolute atomic E-state index is 0.326. The average Bonchev–Trinajstić information content (AvgIpc) is 1.81. The van der Waals surface area contributed by atoms with Crippen molar-refractivity contribution in [1.82, 2.24) is 0 Å². The van der Waals surface area contributed by atoms with E-state index in [9.17, 15) is 5.11 Å². The molecule has 0 aliphatic heterocycles. The zero-order chi connectivity index (χ0) is 10.7. The smallest absolute Gasteiger partial charge is 0.117 e. The van der Waals surface area contributed by atoms with Crippen LogP contribution in [0.5, 0.6) is 0 Å². The van der Waals surface area contributed by atoms with Crippen LogP contribution in [0.15, 0.2) is 0 Å². The number of hydrogen-bond acceptors (Lipinski definition) is 1. The van der Waals surface area contributed by atoms with E-state index in [4.69, 9.17) is 0 Å². The van der Waals surface area contributed by atoms with Crippen LogP contribution in [0.2, 0.25) is 0 Å². The highest BCUT2D eigenvalue weighted by Gasteiger charge is 2.36. The number of rotatable bonds is 5. The first-order valence-corrected chi connectivity index (χ1v) is 5.23. The molecule has 1 unspecified atom stereocenters. The van der Waals surface area contributed by atoms with E-state index in [1.54, 1.807) is 0 Å². The van der Waals surface area contributed by atoms with Gasteiger partial charge in [-0.25, -0.2) is 0 Å². The second kappa shape index (κ2) is 4.43. The maximum atomic E-state index is 10.0. The number of aliphatic hydroxyl groups is 1. The van der Waals surface area contributed by atoms with E-state index in [2.05, 4.69) is 28.1 Å². The Kier molecular flexibility index (Phi) is 4.40. The molecule has 0 spiro atoms. The molecule has 0 aromatic heterocycles. The Hall–Kier alpha value is -0.0800. The largest absolute Gasteiger partial charge is 0.384 e. The summed E-state index contributed by atoms with van der Waals surface area (Å²) in [7, 11) is 6.45. The molecule has 0 aliphatic rings. The van der Waals surface area contributed by atoms with Gasteiger partial charge in [0.05, 0.1) is 21.1 Å². The van der Waals surface area contributed by atoms with Crippen molar-refractivity contribution in [3.05, 3.63) is 0 Å². The van der Waals surface area contributed by atoms with E-state index in [0.717, 1.165) is 10.9 Å². The zero-order valence-electron chi connectivity index (χ0n) is 10.1. The lowest BCUT2D eigenvalue weighted by Crippen LogP contribution is -2.56. The first-order chi connectivity index (χ1) is 5.69. The van der Waals surface area contributed by atoms with Gasteiger partial charge in [-0.15, -0.1) is 0 Å². The lowest BCUT2D eigenvalue weighted by Gasteiger charge is -2.41. The van der Waals surface area contributed by atoms with Gasteiger partial charge in [0.15, 0.2) is 0 Å². The van der Waals surface area contributed by atoms with Crippen molar-refractivity contribution in [3.8, 4) is 0 Å². The standard InChI is InChI=1S/C11H26NO/c1-7-8-9-10(11(2,3)13)12(4,5)6/h10,13H,7-9H2,1-6H3/q+1. The molecule has 2 nitrogen and oxygen atoms in total. The van der Waals surface area contributed by atoms with Crippen LogP contribution in [0.25, 0.3) is 0 Å². The molecule has 0 aromatic rings. The summed E-state index contributed by atoms with van der Waals surface area (Å²) in [6.45, 7) is 6.02. The summed E-state index contributed by atoms with van der Waals surface area (Å²) in [4.78, 5) is 0. The molecule has 0 rings (SSSR count). The molecule has 80 valence electrons. The van der Waals surface area contributed by atoms with Crippen molar-refractivity contribution in [1.29, 1.82) is 0 Å². The first-order valence-electron chi connectivity index (χ1n) is 5.23. The fraction of sp³-hybridized carbons (Fsp3) is 1.00. The van der Waals surface area contributed by atoms with Gasteiger partial charge in [0.25, 0.3) is 0 Å². The lowest BCUT2D eigenvalue weighted by molar-refractivity contribution is -0.903. The molecule has 0 amide bonds. The third-order valence-electron chi connectivity index (χ3n) is 2.58. The van der Waals surface area contributed by atoms with Crippen LogP contribution in [-0.2, 0) is 0 Å². The highest BCUT2D eigenvalue weighted by atomic mass is 16.3. The fourth-order valence-corrected chi connectivity index (χ4v) is 2.09. The van der Waals surface area contributed by atoms with E-state index >= 15 is 0 Å². The minimum atomic E-state index is -0.576. The van der Waals surface area contributed by atoms with Gasteiger partial charge in [0.2, 0.25) is 0 Å². The summed E-state index contributed by atoms with van der Waals surface area (Å²) >= 11 is 0.